The quantitative estimate of drug-likeness (QED) is 0.0127. The lowest BCUT2D eigenvalue weighted by atomic mass is 9.88. The molecule has 126 heavy (non-hydrogen) atoms. The van der Waals surface area contributed by atoms with Crippen molar-refractivity contribution in [2.45, 2.75) is 321 Å². The van der Waals surface area contributed by atoms with Gasteiger partial charge in [0, 0.05) is 44.8 Å². The van der Waals surface area contributed by atoms with Crippen molar-refractivity contribution >= 4 is 61.3 Å². The molecule has 5 aliphatic heterocycles. The minimum absolute atomic E-state index is 0.0511. The molecular weight excluding hydrogens is 1710 g/mol. The topological polar surface area (TPSA) is 732 Å². The normalized spacial score (nSPS) is 31.4. The second-order valence-corrected chi connectivity index (χ2v) is 31.7. The highest BCUT2D eigenvalue weighted by Crippen LogP contribution is 2.44. The molecule has 7 rings (SSSR count). The van der Waals surface area contributed by atoms with Crippen molar-refractivity contribution in [2.75, 3.05) is 52.8 Å². The van der Waals surface area contributed by atoms with Crippen LogP contribution in [0.15, 0.2) is 36.5 Å². The number of esters is 4. The van der Waals surface area contributed by atoms with Crippen LogP contribution in [0.4, 0.5) is 0 Å². The number of amides is 4. The summed E-state index contributed by atoms with van der Waals surface area (Å²) in [5.41, 5.74) is 0.754. The molecule has 716 valence electrons. The number of phosphoric acid groups is 1. The highest BCUT2D eigenvalue weighted by Gasteiger charge is 2.61. The maximum Gasteiger partial charge on any atom is 0.470 e. The molecule has 4 amide bonds. The van der Waals surface area contributed by atoms with E-state index in [4.69, 9.17) is 70.8 Å². The molecule has 6 heterocycles. The van der Waals surface area contributed by atoms with E-state index in [1.807, 2.05) is 0 Å². The van der Waals surface area contributed by atoms with Crippen molar-refractivity contribution in [1.29, 1.82) is 0 Å². The minimum atomic E-state index is -5.65. The van der Waals surface area contributed by atoms with Gasteiger partial charge in [0.25, 0.3) is 5.79 Å². The number of benzene rings is 1. The minimum Gasteiger partial charge on any atom is -0.477 e. The number of aliphatic carboxylic acids is 1. The van der Waals surface area contributed by atoms with Crippen molar-refractivity contribution in [2.24, 2.45) is 0 Å². The average Bonchev–Trinajstić information content (AvgIpc) is 0.822. The van der Waals surface area contributed by atoms with E-state index in [1.54, 1.807) is 58.0 Å². The van der Waals surface area contributed by atoms with Gasteiger partial charge in [-0.2, -0.15) is 0 Å². The zero-order valence-electron chi connectivity index (χ0n) is 70.1. The van der Waals surface area contributed by atoms with Crippen molar-refractivity contribution in [1.82, 2.24) is 36.3 Å². The number of carboxylic acids is 1. The number of aromatic nitrogens is 3. The van der Waals surface area contributed by atoms with Gasteiger partial charge in [-0.25, -0.2) is 14.0 Å². The number of rotatable bonds is 50. The predicted molar refractivity (Wildman–Crippen MR) is 414 cm³/mol. The average molecular weight is 1830 g/mol. The number of aliphatic hydroxyl groups excluding tert-OH is 14. The molecule has 1 aromatic heterocycles. The Morgan fingerprint density at radius 2 is 1.12 bits per heavy atom. The van der Waals surface area contributed by atoms with E-state index < -0.39 is 316 Å². The lowest BCUT2D eigenvalue weighted by Gasteiger charge is -2.50. The van der Waals surface area contributed by atoms with Crippen LogP contribution in [0.5, 0.6) is 0 Å². The van der Waals surface area contributed by atoms with Crippen molar-refractivity contribution in [3.8, 4) is 0 Å². The zero-order chi connectivity index (χ0) is 93.0. The number of hydrogen-bond acceptors (Lipinski definition) is 41. The lowest BCUT2D eigenvalue weighted by Crippen LogP contribution is -2.71. The molecule has 50 heteroatoms. The van der Waals surface area contributed by atoms with Gasteiger partial charge < -0.3 is 174 Å². The first-order valence-electron chi connectivity index (χ1n) is 41.4. The summed E-state index contributed by atoms with van der Waals surface area (Å²) < 4.78 is 100. The van der Waals surface area contributed by atoms with Gasteiger partial charge in [-0.3, -0.25) is 42.9 Å². The van der Waals surface area contributed by atoms with E-state index in [9.17, 15) is 134 Å². The van der Waals surface area contributed by atoms with Crippen LogP contribution in [0.1, 0.15) is 130 Å². The highest BCUT2D eigenvalue weighted by atomic mass is 31.2. The number of aryl methyl sites for hydroxylation is 1. The Labute approximate surface area is 721 Å². The summed E-state index contributed by atoms with van der Waals surface area (Å²) in [6, 6.07) is 2.86. The van der Waals surface area contributed by atoms with Gasteiger partial charge in [0.1, 0.15) is 116 Å². The second kappa shape index (κ2) is 50.8. The number of carbonyl (C=O) groups is 9. The summed E-state index contributed by atoms with van der Waals surface area (Å²) in [5.74, 6) is -12.2. The van der Waals surface area contributed by atoms with E-state index >= 15 is 0 Å². The van der Waals surface area contributed by atoms with Crippen molar-refractivity contribution < 1.29 is 205 Å². The number of carboxylic acid groups (broad SMARTS) is 1. The van der Waals surface area contributed by atoms with E-state index in [0.717, 1.165) is 0 Å². The Balaban J connectivity index is 1.00. The number of nitrogens with one attached hydrogen (secondary N) is 4. The fraction of sp³-hybridized carbons (Fsp3) is 0.776. The van der Waals surface area contributed by atoms with Crippen LogP contribution in [0.25, 0.3) is 0 Å². The van der Waals surface area contributed by atoms with Crippen LogP contribution >= 0.6 is 7.82 Å². The SMILES string of the molecule is CCC(=O)O[C@H](CC)CC(=O)N[C@H]1C(OC(=O)C[C@@H](CC)OC(=O)CC)[C@H](OP(=O)(O)O)C(CO)O[C@H]1OCC1O[C@H](OCCNC(=O)CCc2cn(CCOC3OC(CO)[C@@H](O[C@@H]4OC(CO)[C@H](O)C(O[C@]5(C(=O)O)C[C@@H](O)[C@@H](NC(=O)Cc6ccccc6)C([C@H](O)[C@H](O)CO)O5)[C@@H]4O)[C@H](O)[C@@H]3O)nn2)C(NC(=O)C[C@H](O)CC)C(OC(=O)C[C@H](O)CC)[C@@H]1O. The fourth-order valence-electron chi connectivity index (χ4n) is 14.1. The molecular formula is C76H120N7O42P. The summed E-state index contributed by atoms with van der Waals surface area (Å²) in [6.45, 7) is 2.65. The second-order valence-electron chi connectivity index (χ2n) is 30.5. The van der Waals surface area contributed by atoms with Crippen LogP contribution < -0.4 is 21.3 Å². The number of ether oxygens (including phenoxy) is 14. The van der Waals surface area contributed by atoms with Gasteiger partial charge in [-0.15, -0.1) is 5.10 Å². The fourth-order valence-corrected chi connectivity index (χ4v) is 14.7. The van der Waals surface area contributed by atoms with Gasteiger partial charge in [0.05, 0.1) is 115 Å². The molecule has 0 radical (unpaired) electrons. The third-order valence-corrected chi connectivity index (χ3v) is 21.7. The lowest BCUT2D eigenvalue weighted by molar-refractivity contribution is -0.386. The number of nitrogens with zero attached hydrogens (tertiary/aromatic N) is 3. The van der Waals surface area contributed by atoms with Gasteiger partial charge in [-0.1, -0.05) is 77.1 Å². The van der Waals surface area contributed by atoms with E-state index in [-0.39, 0.29) is 83.2 Å². The Hall–Kier alpha value is -7.26. The first kappa shape index (κ1) is 106. The molecule has 5 aliphatic rings. The molecule has 0 saturated carbocycles. The Bertz CT molecular complexity index is 3800. The summed E-state index contributed by atoms with van der Waals surface area (Å²) in [5, 5.41) is 183. The number of hydrogen-bond donors (Lipinski definition) is 21. The summed E-state index contributed by atoms with van der Waals surface area (Å²) in [7, 11) is -5.65. The Kier molecular flexibility index (Phi) is 42.6. The van der Waals surface area contributed by atoms with E-state index in [0.29, 0.717) is 5.56 Å². The largest absolute Gasteiger partial charge is 0.477 e. The van der Waals surface area contributed by atoms with Crippen molar-refractivity contribution in [3.63, 3.8) is 0 Å². The number of phosphoric ester groups is 1. The molecule has 5 fully saturated rings. The Morgan fingerprint density at radius 1 is 0.571 bits per heavy atom. The molecule has 49 nitrogen and oxygen atoms in total. The third-order valence-electron chi connectivity index (χ3n) is 21.1. The van der Waals surface area contributed by atoms with Crippen LogP contribution in [-0.2, 0) is 138 Å². The van der Waals surface area contributed by atoms with Gasteiger partial charge in [0.2, 0.25) is 23.6 Å². The molecule has 10 unspecified atom stereocenters. The first-order valence-corrected chi connectivity index (χ1v) is 42.9. The van der Waals surface area contributed by atoms with Crippen LogP contribution in [0.3, 0.4) is 0 Å². The van der Waals surface area contributed by atoms with E-state index in [2.05, 4.69) is 31.6 Å². The van der Waals surface area contributed by atoms with Gasteiger partial charge in [-0.05, 0) is 31.2 Å². The maximum absolute atomic E-state index is 14.1. The first-order chi connectivity index (χ1) is 59.8. The summed E-state index contributed by atoms with van der Waals surface area (Å²) >= 11 is 0. The van der Waals surface area contributed by atoms with Crippen molar-refractivity contribution in [3.05, 3.63) is 47.8 Å². The molecule has 0 aliphatic carbocycles. The van der Waals surface area contributed by atoms with Gasteiger partial charge in [0.15, 0.2) is 37.4 Å². The van der Waals surface area contributed by atoms with Gasteiger partial charge >= 0.3 is 37.7 Å². The molecule has 2 aromatic rings. The molecule has 21 N–H and O–H groups in total. The zero-order valence-corrected chi connectivity index (χ0v) is 71.0. The molecule has 5 saturated heterocycles. The molecule has 0 spiro atoms. The van der Waals surface area contributed by atoms with Crippen LogP contribution in [0, 0.1) is 0 Å². The Morgan fingerprint density at radius 3 is 1.72 bits per heavy atom. The standard InChI is InChI=1S/C76H120N7O42P/c1-7-38(88)25-50(94)79-57-67(120-54(98)26-39(89)8-2)61(102)47(35-113-72-58(80-51(95)27-40(9-3)114-52(96)11-5)69(66(46(34-87)117-72)125-126(108,109)110)121-55(99)28-41(10-4)115-53(97)12-6)119-71(57)111-22-20-77-48(92)19-18-37-30-83(82-81-37)21-23-112-73-63(104)62(103)65(45(33-86)118-73)122-74-64(105)70(60(101)44(32-85)116-74)124-76(75(106)107)29-42(90)56(68(123-76)59(100)43(91)31-84)78-49(93)24-36-16-14-13-15-17-36/h13-17,30,38-47,56-74,84-91,100-105H,7-12,18-29,31-35H2,1-6H3,(H,77,92)(H,78,93)(H,79,94)(H,80,95)(H,106,107)(H2,108,109,110)/t38-,39-,40-,41-,42-,43-,44?,45?,46?,47?,56-,57?,58+,59-,60+,61-,62-,63+,64+,65-,66-,67?,68?,69?,70?,71+,72-,73?,74+,76+/m1/s1. The number of carbonyl (C=O) groups excluding carboxylic acids is 8. The molecule has 30 atom stereocenters. The van der Waals surface area contributed by atoms with Crippen LogP contribution in [0.2, 0.25) is 0 Å². The summed E-state index contributed by atoms with van der Waals surface area (Å²) in [6.07, 6.45) is -51.6. The monoisotopic (exact) mass is 1830 g/mol. The number of aliphatic hydroxyl groups is 14. The third kappa shape index (κ3) is 30.4. The van der Waals surface area contributed by atoms with E-state index in [1.165, 1.54) is 24.7 Å². The smallest absolute Gasteiger partial charge is 0.470 e. The van der Waals surface area contributed by atoms with Crippen LogP contribution in [-0.4, -0.2) is 391 Å². The molecule has 1 aromatic carbocycles. The highest BCUT2D eigenvalue weighted by molar-refractivity contribution is 7.46. The summed E-state index contributed by atoms with van der Waals surface area (Å²) in [4.78, 5) is 140. The maximum atomic E-state index is 14.1. The molecule has 0 bridgehead atoms. The predicted octanol–water partition coefficient (Wildman–Crippen LogP) is -7.96.